The van der Waals surface area contributed by atoms with Crippen molar-refractivity contribution >= 4 is 17.2 Å². The van der Waals surface area contributed by atoms with E-state index in [2.05, 4.69) is 76.3 Å². The lowest BCUT2D eigenvalue weighted by Crippen LogP contribution is -2.19. The van der Waals surface area contributed by atoms with E-state index < -0.39 is 0 Å². The van der Waals surface area contributed by atoms with E-state index in [0.29, 0.717) is 13.0 Å². The van der Waals surface area contributed by atoms with Crippen LogP contribution in [0.25, 0.3) is 21.9 Å². The highest BCUT2D eigenvalue weighted by Gasteiger charge is 2.09. The third kappa shape index (κ3) is 5.12. The molecule has 0 radical (unpaired) electrons. The smallest absolute Gasteiger partial charge is 0.209 e. The van der Waals surface area contributed by atoms with Crippen LogP contribution in [0.3, 0.4) is 0 Å². The number of amides is 1. The van der Waals surface area contributed by atoms with E-state index in [1.807, 2.05) is 6.20 Å². The zero-order valence-electron chi connectivity index (χ0n) is 16.7. The number of hydrogen-bond acceptors (Lipinski definition) is 3. The normalized spacial score (nSPS) is 10.4. The minimum Gasteiger partial charge on any atom is -0.395 e. The van der Waals surface area contributed by atoms with E-state index in [9.17, 15) is 4.79 Å². The molecule has 0 aliphatic carbocycles. The van der Waals surface area contributed by atoms with Crippen molar-refractivity contribution in [2.75, 3.05) is 20.2 Å². The van der Waals surface area contributed by atoms with Gasteiger partial charge in [0.25, 0.3) is 0 Å². The highest BCUT2D eigenvalue weighted by molar-refractivity contribution is 5.97. The Kier molecular flexibility index (Phi) is 6.81. The number of carbonyl (C=O) groups excluding carboxylic acids is 1. The number of aryl methyl sites for hydroxylation is 1. The van der Waals surface area contributed by atoms with Crippen LogP contribution in [0.4, 0.5) is 0 Å². The lowest BCUT2D eigenvalue weighted by atomic mass is 9.98. The lowest BCUT2D eigenvalue weighted by molar-refractivity contribution is -0.117. The van der Waals surface area contributed by atoms with Gasteiger partial charge in [-0.1, -0.05) is 42.5 Å². The van der Waals surface area contributed by atoms with Gasteiger partial charge in [0.05, 0.1) is 25.2 Å². The summed E-state index contributed by atoms with van der Waals surface area (Å²) in [5, 5.41) is 10.7. The average Bonchev–Trinajstić information content (AvgIpc) is 3.38. The van der Waals surface area contributed by atoms with Gasteiger partial charge >= 0.3 is 0 Å². The molecule has 2 aromatic carbocycles. The lowest BCUT2D eigenvalue weighted by Gasteiger charge is -2.06. The molecular weight excluding hydrogens is 364 g/mol. The van der Waals surface area contributed by atoms with Crippen molar-refractivity contribution in [3.63, 3.8) is 0 Å². The summed E-state index contributed by atoms with van der Waals surface area (Å²) in [6, 6.07) is 15.0. The maximum atomic E-state index is 9.71. The Morgan fingerprint density at radius 1 is 1.14 bits per heavy atom. The van der Waals surface area contributed by atoms with Crippen LogP contribution in [-0.2, 0) is 11.3 Å². The third-order valence-electron chi connectivity index (χ3n) is 4.70. The first-order valence-electron chi connectivity index (χ1n) is 9.50. The summed E-state index contributed by atoms with van der Waals surface area (Å²) in [5.74, 6) is 0. The Labute approximate surface area is 170 Å². The van der Waals surface area contributed by atoms with E-state index in [4.69, 9.17) is 5.11 Å². The fourth-order valence-electron chi connectivity index (χ4n) is 3.23. The predicted octanol–water partition coefficient (Wildman–Crippen LogP) is 3.46. The molecule has 0 aliphatic heterocycles. The number of carbonyl (C=O) groups is 1. The number of rotatable bonds is 6. The molecule has 0 atom stereocenters. The van der Waals surface area contributed by atoms with Gasteiger partial charge in [0.1, 0.15) is 0 Å². The van der Waals surface area contributed by atoms with Crippen LogP contribution < -0.4 is 0 Å². The van der Waals surface area contributed by atoms with Crippen molar-refractivity contribution in [2.24, 2.45) is 0 Å². The van der Waals surface area contributed by atoms with Gasteiger partial charge in [-0.15, -0.1) is 0 Å². The molecule has 0 unspecified atom stereocenters. The monoisotopic (exact) mass is 390 g/mol. The summed E-state index contributed by atoms with van der Waals surface area (Å²) in [5.41, 5.74) is 4.98. The van der Waals surface area contributed by atoms with Crippen LogP contribution in [0.5, 0.6) is 0 Å². The Hall–Kier alpha value is -3.38. The number of aromatic nitrogens is 3. The third-order valence-corrected chi connectivity index (χ3v) is 4.70. The van der Waals surface area contributed by atoms with Gasteiger partial charge in [0.2, 0.25) is 6.41 Å². The first-order chi connectivity index (χ1) is 14.1. The summed E-state index contributed by atoms with van der Waals surface area (Å²) < 4.78 is 2.21. The molecule has 4 rings (SSSR count). The molecule has 0 aliphatic rings. The van der Waals surface area contributed by atoms with Crippen molar-refractivity contribution < 1.29 is 9.90 Å². The van der Waals surface area contributed by atoms with Gasteiger partial charge in [-0.2, -0.15) is 0 Å². The summed E-state index contributed by atoms with van der Waals surface area (Å²) in [7, 11) is 1.61. The highest BCUT2D eigenvalue weighted by atomic mass is 16.3. The number of aliphatic hydroxyl groups is 1. The second kappa shape index (κ2) is 9.71. The second-order valence-electron chi connectivity index (χ2n) is 6.94. The van der Waals surface area contributed by atoms with Crippen LogP contribution in [0, 0.1) is 6.92 Å². The first kappa shape index (κ1) is 20.4. The zero-order valence-corrected chi connectivity index (χ0v) is 16.7. The van der Waals surface area contributed by atoms with Crippen molar-refractivity contribution in [3.05, 3.63) is 78.6 Å². The number of aromatic amines is 1. The molecule has 2 aromatic heterocycles. The number of H-pyrrole nitrogens is 1. The van der Waals surface area contributed by atoms with Crippen LogP contribution in [0.2, 0.25) is 0 Å². The number of likely N-dealkylation sites (N-methyl/N-ethyl adjacent to an activating group) is 1. The summed E-state index contributed by atoms with van der Waals surface area (Å²) >= 11 is 0. The number of aliphatic hydroxyl groups excluding tert-OH is 1. The van der Waals surface area contributed by atoms with E-state index in [1.54, 1.807) is 13.4 Å². The van der Waals surface area contributed by atoms with Gasteiger partial charge in [0.15, 0.2) is 0 Å². The molecule has 0 bridgehead atoms. The minimum atomic E-state index is 0.0369. The molecule has 2 N–H and O–H groups in total. The van der Waals surface area contributed by atoms with Crippen molar-refractivity contribution in [1.29, 1.82) is 0 Å². The van der Waals surface area contributed by atoms with Crippen molar-refractivity contribution in [3.8, 4) is 11.1 Å². The van der Waals surface area contributed by atoms with E-state index in [1.165, 1.54) is 32.4 Å². The molecule has 6 nitrogen and oxygen atoms in total. The summed E-state index contributed by atoms with van der Waals surface area (Å²) in [6.07, 6.45) is 8.68. The highest BCUT2D eigenvalue weighted by Crippen LogP contribution is 2.31. The summed E-state index contributed by atoms with van der Waals surface area (Å²) in [6.45, 7) is 3.44. The molecule has 2 heterocycles. The predicted molar refractivity (Wildman–Crippen MR) is 116 cm³/mol. The molecule has 6 heteroatoms. The zero-order chi connectivity index (χ0) is 20.6. The number of fused-ring (bicyclic) bond motifs is 1. The Morgan fingerprint density at radius 2 is 1.93 bits per heavy atom. The molecule has 150 valence electrons. The van der Waals surface area contributed by atoms with E-state index in [-0.39, 0.29) is 6.61 Å². The molecule has 0 saturated carbocycles. The Morgan fingerprint density at radius 3 is 2.62 bits per heavy atom. The quantitative estimate of drug-likeness (QED) is 0.495. The van der Waals surface area contributed by atoms with Crippen LogP contribution in [0.15, 0.2) is 67.4 Å². The molecule has 4 aromatic rings. The average molecular weight is 390 g/mol. The van der Waals surface area contributed by atoms with Gasteiger partial charge in [-0.25, -0.2) is 4.98 Å². The van der Waals surface area contributed by atoms with Gasteiger partial charge in [-0.05, 0) is 28.8 Å². The topological polar surface area (TPSA) is 74.2 Å². The Balaban J connectivity index is 0.000000298. The molecule has 0 spiro atoms. The van der Waals surface area contributed by atoms with Gasteiger partial charge < -0.3 is 19.6 Å². The maximum Gasteiger partial charge on any atom is 0.209 e. The molecular formula is C23H26N4O2. The van der Waals surface area contributed by atoms with Gasteiger partial charge in [0, 0.05) is 37.7 Å². The van der Waals surface area contributed by atoms with Crippen LogP contribution >= 0.6 is 0 Å². The molecule has 0 fully saturated rings. The number of imidazole rings is 1. The number of nitrogens with zero attached hydrogens (tertiary/aromatic N) is 3. The SMILES string of the molecule is CN(C=O)CCO.Cc1cn(Cc2cnc[nH]2)cc1-c1cccc2ccccc12. The fraction of sp³-hybridized carbons (Fsp3) is 0.217. The number of hydrogen-bond donors (Lipinski definition) is 2. The fourth-order valence-corrected chi connectivity index (χ4v) is 3.23. The van der Waals surface area contributed by atoms with E-state index >= 15 is 0 Å². The van der Waals surface area contributed by atoms with Gasteiger partial charge in [-0.3, -0.25) is 4.79 Å². The largest absolute Gasteiger partial charge is 0.395 e. The molecule has 29 heavy (non-hydrogen) atoms. The first-order valence-corrected chi connectivity index (χ1v) is 9.50. The van der Waals surface area contributed by atoms with E-state index in [0.717, 1.165) is 12.2 Å². The second-order valence-corrected chi connectivity index (χ2v) is 6.94. The molecule has 0 saturated heterocycles. The van der Waals surface area contributed by atoms with Crippen LogP contribution in [-0.4, -0.2) is 51.2 Å². The summed E-state index contributed by atoms with van der Waals surface area (Å²) in [4.78, 5) is 18.3. The van der Waals surface area contributed by atoms with Crippen molar-refractivity contribution in [1.82, 2.24) is 19.4 Å². The van der Waals surface area contributed by atoms with Crippen molar-refractivity contribution in [2.45, 2.75) is 13.5 Å². The Bertz CT molecular complexity index is 1050. The standard InChI is InChI=1S/C19H17N3.C4H9NO2/c1-14-10-22(11-16-9-20-13-21-16)12-19(14)18-8-4-6-15-5-2-3-7-17(15)18;1-5(4-7)2-3-6/h2-10,12-13H,11H2,1H3,(H,20,21);4,6H,2-3H2,1H3. The number of benzene rings is 2. The minimum absolute atomic E-state index is 0.0369. The maximum absolute atomic E-state index is 9.71. The van der Waals surface area contributed by atoms with Crippen LogP contribution in [0.1, 0.15) is 11.3 Å². The molecule has 1 amide bonds. The number of nitrogens with one attached hydrogen (secondary N) is 1.